The molecule has 0 unspecified atom stereocenters. The van der Waals surface area contributed by atoms with Gasteiger partial charge in [0.1, 0.15) is 0 Å². The summed E-state index contributed by atoms with van der Waals surface area (Å²) in [6.07, 6.45) is 0. The highest BCUT2D eigenvalue weighted by Crippen LogP contribution is 2.10. The van der Waals surface area contributed by atoms with E-state index in [2.05, 4.69) is 55.3 Å². The highest BCUT2D eigenvalue weighted by molar-refractivity contribution is 5.14. The molecule has 0 aliphatic carbocycles. The first-order valence-electron chi connectivity index (χ1n) is 7.20. The van der Waals surface area contributed by atoms with Crippen molar-refractivity contribution < 1.29 is 4.84 Å². The lowest BCUT2D eigenvalue weighted by atomic mass is 10.2. The van der Waals surface area contributed by atoms with Crippen molar-refractivity contribution in [3.63, 3.8) is 0 Å². The minimum Gasteiger partial charge on any atom is -0.294 e. The van der Waals surface area contributed by atoms with E-state index in [-0.39, 0.29) is 0 Å². The Morgan fingerprint density at radius 3 is 1.95 bits per heavy atom. The molecule has 0 saturated heterocycles. The van der Waals surface area contributed by atoms with E-state index >= 15 is 0 Å². The Bertz CT molecular complexity index is 481. The van der Waals surface area contributed by atoms with Crippen molar-refractivity contribution >= 4 is 0 Å². The van der Waals surface area contributed by atoms with Gasteiger partial charge in [0.25, 0.3) is 0 Å². The number of hydrogen-bond donors (Lipinski definition) is 0. The molecule has 0 radical (unpaired) electrons. The van der Waals surface area contributed by atoms with E-state index in [0.717, 1.165) is 13.1 Å². The standard InChI is InChI=1S/C18H23NO/c1-16(2)13-19(14-17-9-5-3-6-10-17)20-15-18-11-7-4-8-12-18/h3-12,16H,13-15H2,1-2H3. The maximum absolute atomic E-state index is 5.98. The number of hydrogen-bond acceptors (Lipinski definition) is 2. The van der Waals surface area contributed by atoms with Gasteiger partial charge in [-0.25, -0.2) is 0 Å². The lowest BCUT2D eigenvalue weighted by molar-refractivity contribution is -0.182. The quantitative estimate of drug-likeness (QED) is 0.696. The maximum atomic E-state index is 5.98. The minimum atomic E-state index is 0.578. The zero-order chi connectivity index (χ0) is 14.2. The number of benzene rings is 2. The van der Waals surface area contributed by atoms with Crippen molar-refractivity contribution in [1.29, 1.82) is 0 Å². The third kappa shape index (κ3) is 5.16. The Hall–Kier alpha value is -1.64. The van der Waals surface area contributed by atoms with Gasteiger partial charge in [-0.3, -0.25) is 4.84 Å². The number of nitrogens with zero attached hydrogens (tertiary/aromatic N) is 1. The van der Waals surface area contributed by atoms with E-state index in [1.807, 2.05) is 24.3 Å². The highest BCUT2D eigenvalue weighted by Gasteiger charge is 2.09. The molecule has 106 valence electrons. The Balaban J connectivity index is 1.93. The van der Waals surface area contributed by atoms with E-state index in [4.69, 9.17) is 4.84 Å². The van der Waals surface area contributed by atoms with E-state index in [0.29, 0.717) is 12.5 Å². The molecule has 2 rings (SSSR count). The predicted octanol–water partition coefficient (Wildman–Crippen LogP) is 4.28. The van der Waals surface area contributed by atoms with Crippen LogP contribution in [0.4, 0.5) is 0 Å². The largest absolute Gasteiger partial charge is 0.294 e. The Morgan fingerprint density at radius 1 is 0.850 bits per heavy atom. The molecule has 0 heterocycles. The summed E-state index contributed by atoms with van der Waals surface area (Å²) in [5.41, 5.74) is 2.48. The fourth-order valence-electron chi connectivity index (χ4n) is 2.10. The molecule has 2 nitrogen and oxygen atoms in total. The monoisotopic (exact) mass is 269 g/mol. The lowest BCUT2D eigenvalue weighted by Gasteiger charge is -2.23. The summed E-state index contributed by atoms with van der Waals surface area (Å²) >= 11 is 0. The zero-order valence-corrected chi connectivity index (χ0v) is 12.3. The summed E-state index contributed by atoms with van der Waals surface area (Å²) in [5.74, 6) is 0.578. The van der Waals surface area contributed by atoms with Gasteiger partial charge in [-0.2, -0.15) is 5.06 Å². The van der Waals surface area contributed by atoms with Gasteiger partial charge in [0, 0.05) is 13.1 Å². The number of hydroxylamine groups is 2. The predicted molar refractivity (Wildman–Crippen MR) is 82.9 cm³/mol. The lowest BCUT2D eigenvalue weighted by Crippen LogP contribution is -2.27. The van der Waals surface area contributed by atoms with Crippen LogP contribution in [-0.2, 0) is 18.0 Å². The molecule has 2 aromatic rings. The molecule has 0 aromatic heterocycles. The molecular formula is C18H23NO. The van der Waals surface area contributed by atoms with Gasteiger partial charge in [0.15, 0.2) is 0 Å². The second-order valence-electron chi connectivity index (χ2n) is 5.46. The molecular weight excluding hydrogens is 246 g/mol. The fraction of sp³-hybridized carbons (Fsp3) is 0.333. The molecule has 0 bridgehead atoms. The van der Waals surface area contributed by atoms with Crippen LogP contribution in [0.25, 0.3) is 0 Å². The summed E-state index contributed by atoms with van der Waals surface area (Å²) in [6.45, 7) is 6.81. The van der Waals surface area contributed by atoms with Gasteiger partial charge in [-0.05, 0) is 17.0 Å². The summed E-state index contributed by atoms with van der Waals surface area (Å²) < 4.78 is 0. The second-order valence-corrected chi connectivity index (χ2v) is 5.46. The fourth-order valence-corrected chi connectivity index (χ4v) is 2.10. The third-order valence-electron chi connectivity index (χ3n) is 3.03. The van der Waals surface area contributed by atoms with Gasteiger partial charge < -0.3 is 0 Å². The van der Waals surface area contributed by atoms with Crippen LogP contribution in [0.3, 0.4) is 0 Å². The summed E-state index contributed by atoms with van der Waals surface area (Å²) in [4.78, 5) is 5.98. The molecule has 0 atom stereocenters. The van der Waals surface area contributed by atoms with Crippen LogP contribution < -0.4 is 0 Å². The molecule has 0 fully saturated rings. The molecule has 0 aliphatic rings. The Kier molecular flexibility index (Phi) is 5.78. The van der Waals surface area contributed by atoms with Crippen molar-refractivity contribution in [1.82, 2.24) is 5.06 Å². The van der Waals surface area contributed by atoms with Crippen LogP contribution in [0.1, 0.15) is 25.0 Å². The summed E-state index contributed by atoms with van der Waals surface area (Å²) in [6, 6.07) is 20.8. The summed E-state index contributed by atoms with van der Waals surface area (Å²) in [7, 11) is 0. The van der Waals surface area contributed by atoms with Gasteiger partial charge in [-0.15, -0.1) is 0 Å². The van der Waals surface area contributed by atoms with Crippen molar-refractivity contribution in [2.24, 2.45) is 5.92 Å². The average Bonchev–Trinajstić information content (AvgIpc) is 2.46. The molecule has 0 N–H and O–H groups in total. The number of rotatable bonds is 7. The highest BCUT2D eigenvalue weighted by atomic mass is 16.7. The Labute approximate surface area is 122 Å². The zero-order valence-electron chi connectivity index (χ0n) is 12.3. The topological polar surface area (TPSA) is 12.5 Å². The van der Waals surface area contributed by atoms with Gasteiger partial charge in [0.2, 0.25) is 0 Å². The average molecular weight is 269 g/mol. The summed E-state index contributed by atoms with van der Waals surface area (Å²) in [5, 5.41) is 2.06. The van der Waals surface area contributed by atoms with Crippen molar-refractivity contribution in [3.8, 4) is 0 Å². The second kappa shape index (κ2) is 7.83. The molecule has 20 heavy (non-hydrogen) atoms. The van der Waals surface area contributed by atoms with Crippen molar-refractivity contribution in [2.45, 2.75) is 27.0 Å². The van der Waals surface area contributed by atoms with Crippen LogP contribution in [0.5, 0.6) is 0 Å². The first-order valence-corrected chi connectivity index (χ1v) is 7.20. The third-order valence-corrected chi connectivity index (χ3v) is 3.03. The molecule has 0 aliphatic heterocycles. The van der Waals surface area contributed by atoms with E-state index in [1.54, 1.807) is 0 Å². The van der Waals surface area contributed by atoms with Crippen molar-refractivity contribution in [3.05, 3.63) is 71.8 Å². The SMILES string of the molecule is CC(C)CN(Cc1ccccc1)OCc1ccccc1. The van der Waals surface area contributed by atoms with E-state index in [1.165, 1.54) is 11.1 Å². The van der Waals surface area contributed by atoms with Crippen LogP contribution in [-0.4, -0.2) is 11.6 Å². The van der Waals surface area contributed by atoms with Crippen molar-refractivity contribution in [2.75, 3.05) is 6.54 Å². The first kappa shape index (κ1) is 14.8. The van der Waals surface area contributed by atoms with Gasteiger partial charge in [-0.1, -0.05) is 74.5 Å². The van der Waals surface area contributed by atoms with Gasteiger partial charge >= 0.3 is 0 Å². The van der Waals surface area contributed by atoms with Crippen LogP contribution in [0.15, 0.2) is 60.7 Å². The van der Waals surface area contributed by atoms with Crippen LogP contribution >= 0.6 is 0 Å². The molecule has 2 heteroatoms. The van der Waals surface area contributed by atoms with E-state index < -0.39 is 0 Å². The first-order chi connectivity index (χ1) is 9.74. The normalized spacial score (nSPS) is 11.2. The molecule has 2 aromatic carbocycles. The van der Waals surface area contributed by atoms with Crippen LogP contribution in [0, 0.1) is 5.92 Å². The molecule has 0 amide bonds. The van der Waals surface area contributed by atoms with Gasteiger partial charge in [0.05, 0.1) is 6.61 Å². The van der Waals surface area contributed by atoms with E-state index in [9.17, 15) is 0 Å². The minimum absolute atomic E-state index is 0.578. The maximum Gasteiger partial charge on any atom is 0.0936 e. The molecule has 0 spiro atoms. The Morgan fingerprint density at radius 2 is 1.40 bits per heavy atom. The smallest absolute Gasteiger partial charge is 0.0936 e. The van der Waals surface area contributed by atoms with Crippen LogP contribution in [0.2, 0.25) is 0 Å². The molecule has 0 saturated carbocycles.